The highest BCUT2D eigenvalue weighted by Crippen LogP contribution is 1.96. The van der Waals surface area contributed by atoms with Gasteiger partial charge in [-0.05, 0) is 19.9 Å². The van der Waals surface area contributed by atoms with E-state index in [4.69, 9.17) is 0 Å². The Balaban J connectivity index is 0. The lowest BCUT2D eigenvalue weighted by molar-refractivity contribution is -0.419. The Morgan fingerprint density at radius 3 is 2.08 bits per heavy atom. The van der Waals surface area contributed by atoms with Crippen LogP contribution in [0.25, 0.3) is 0 Å². The molecule has 0 aromatic rings. The summed E-state index contributed by atoms with van der Waals surface area (Å²) in [6.45, 7) is 7.49. The zero-order chi connectivity index (χ0) is 10.7. The summed E-state index contributed by atoms with van der Waals surface area (Å²) in [6, 6.07) is 0. The van der Waals surface area contributed by atoms with Crippen molar-refractivity contribution in [1.29, 1.82) is 0 Å². The Hall–Kier alpha value is -1.38. The predicted octanol–water partition coefficient (Wildman–Crippen LogP) is 3.33. The molecule has 13 heavy (non-hydrogen) atoms. The summed E-state index contributed by atoms with van der Waals surface area (Å²) in [5.74, 6) is 0. The average Bonchev–Trinajstić information content (AvgIpc) is 2.15. The zero-order valence-electron chi connectivity index (χ0n) is 8.65. The lowest BCUT2D eigenvalue weighted by Crippen LogP contribution is -1.93. The second-order valence-corrected chi connectivity index (χ2v) is 1.86. The van der Waals surface area contributed by atoms with Gasteiger partial charge >= 0.3 is 0 Å². The van der Waals surface area contributed by atoms with Crippen LogP contribution in [0.4, 0.5) is 0 Å². The van der Waals surface area contributed by atoms with Crippen LogP contribution in [0.2, 0.25) is 0 Å². The van der Waals surface area contributed by atoms with Gasteiger partial charge in [-0.2, -0.15) is 0 Å². The van der Waals surface area contributed by atoms with E-state index in [9.17, 15) is 10.1 Å². The lowest BCUT2D eigenvalue weighted by Gasteiger charge is -1.85. The van der Waals surface area contributed by atoms with Gasteiger partial charge in [0.1, 0.15) is 0 Å². The molecular weight excluding hydrogens is 166 g/mol. The number of nitrogens with zero attached hydrogens (tertiary/aromatic N) is 1. The normalized spacial score (nSPS) is 11.5. The first-order chi connectivity index (χ1) is 6.22. The summed E-state index contributed by atoms with van der Waals surface area (Å²) in [5.41, 5.74) is 0.114. The Kier molecular flexibility index (Phi) is 11.6. The van der Waals surface area contributed by atoms with Crippen LogP contribution >= 0.6 is 0 Å². The van der Waals surface area contributed by atoms with E-state index in [2.05, 4.69) is 0 Å². The Morgan fingerprint density at radius 1 is 1.23 bits per heavy atom. The van der Waals surface area contributed by atoms with Crippen molar-refractivity contribution in [3.8, 4) is 0 Å². The summed E-state index contributed by atoms with van der Waals surface area (Å²) in [4.78, 5) is 9.77. The first kappa shape index (κ1) is 14.2. The van der Waals surface area contributed by atoms with Gasteiger partial charge < -0.3 is 0 Å². The van der Waals surface area contributed by atoms with Crippen molar-refractivity contribution in [2.24, 2.45) is 0 Å². The molecule has 0 aromatic heterocycles. The zero-order valence-corrected chi connectivity index (χ0v) is 8.65. The second-order valence-electron chi connectivity index (χ2n) is 1.86. The van der Waals surface area contributed by atoms with Crippen LogP contribution in [-0.2, 0) is 0 Å². The molecule has 0 aromatic carbocycles. The summed E-state index contributed by atoms with van der Waals surface area (Å²) < 4.78 is 0. The average molecular weight is 183 g/mol. The minimum absolute atomic E-state index is 0.114. The molecule has 0 saturated carbocycles. The summed E-state index contributed by atoms with van der Waals surface area (Å²) in [6.07, 6.45) is 8.11. The molecule has 0 aliphatic heterocycles. The maximum absolute atomic E-state index is 10.2. The molecule has 0 N–H and O–H groups in total. The SMILES string of the molecule is CC.C\C=C/C=C\C(=C/C)[N+](=O)[O-]. The van der Waals surface area contributed by atoms with Crippen LogP contribution in [-0.4, -0.2) is 4.92 Å². The van der Waals surface area contributed by atoms with Crippen molar-refractivity contribution >= 4 is 0 Å². The summed E-state index contributed by atoms with van der Waals surface area (Å²) in [5, 5.41) is 10.2. The van der Waals surface area contributed by atoms with Crippen molar-refractivity contribution in [3.05, 3.63) is 46.2 Å². The summed E-state index contributed by atoms with van der Waals surface area (Å²) in [7, 11) is 0. The fourth-order valence-electron chi connectivity index (χ4n) is 0.528. The molecule has 3 nitrogen and oxygen atoms in total. The third-order valence-electron chi connectivity index (χ3n) is 1.08. The molecule has 0 amide bonds. The highest BCUT2D eigenvalue weighted by Gasteiger charge is 2.00. The molecule has 0 radical (unpaired) electrons. The lowest BCUT2D eigenvalue weighted by atomic mass is 10.3. The van der Waals surface area contributed by atoms with Crippen molar-refractivity contribution in [2.45, 2.75) is 27.7 Å². The van der Waals surface area contributed by atoms with E-state index in [-0.39, 0.29) is 5.70 Å². The van der Waals surface area contributed by atoms with Gasteiger partial charge in [0.15, 0.2) is 0 Å². The number of rotatable bonds is 3. The Labute approximate surface area is 79.6 Å². The highest BCUT2D eigenvalue weighted by atomic mass is 16.6. The minimum Gasteiger partial charge on any atom is -0.258 e. The molecule has 3 heteroatoms. The van der Waals surface area contributed by atoms with Gasteiger partial charge in [0.2, 0.25) is 0 Å². The van der Waals surface area contributed by atoms with E-state index in [1.54, 1.807) is 19.1 Å². The van der Waals surface area contributed by atoms with Crippen LogP contribution in [0, 0.1) is 10.1 Å². The molecule has 74 valence electrons. The molecule has 0 aliphatic rings. The fraction of sp³-hybridized carbons (Fsp3) is 0.400. The topological polar surface area (TPSA) is 43.1 Å². The van der Waals surface area contributed by atoms with E-state index in [0.29, 0.717) is 0 Å². The maximum Gasteiger partial charge on any atom is 0.265 e. The molecule has 0 bridgehead atoms. The highest BCUT2D eigenvalue weighted by molar-refractivity contribution is 5.15. The third-order valence-corrected chi connectivity index (χ3v) is 1.08. The molecule has 0 aliphatic carbocycles. The number of hydrogen-bond acceptors (Lipinski definition) is 2. The van der Waals surface area contributed by atoms with E-state index in [0.717, 1.165) is 0 Å². The van der Waals surface area contributed by atoms with Gasteiger partial charge in [0.05, 0.1) is 4.92 Å². The maximum atomic E-state index is 10.2. The van der Waals surface area contributed by atoms with E-state index < -0.39 is 4.92 Å². The van der Waals surface area contributed by atoms with Gasteiger partial charge in [-0.1, -0.05) is 32.1 Å². The van der Waals surface area contributed by atoms with Crippen LogP contribution in [0.15, 0.2) is 36.1 Å². The van der Waals surface area contributed by atoms with E-state index >= 15 is 0 Å². The van der Waals surface area contributed by atoms with Crippen LogP contribution < -0.4 is 0 Å². The van der Waals surface area contributed by atoms with Gasteiger partial charge in [-0.15, -0.1) is 0 Å². The van der Waals surface area contributed by atoms with Crippen molar-refractivity contribution in [2.75, 3.05) is 0 Å². The molecule has 0 atom stereocenters. The van der Waals surface area contributed by atoms with E-state index in [1.807, 2.05) is 26.8 Å². The van der Waals surface area contributed by atoms with E-state index in [1.165, 1.54) is 12.2 Å². The van der Waals surface area contributed by atoms with Crippen molar-refractivity contribution < 1.29 is 4.92 Å². The van der Waals surface area contributed by atoms with Crippen LogP contribution in [0.3, 0.4) is 0 Å². The number of hydrogen-bond donors (Lipinski definition) is 0. The molecule has 0 rings (SSSR count). The molecule has 0 saturated heterocycles. The number of allylic oxidation sites excluding steroid dienone is 5. The molecule has 0 heterocycles. The standard InChI is InChI=1S/C8H11NO2.C2H6/c1-3-5-6-7-8(4-2)9(10)11;1-2/h3-7H,1-2H3;1-2H3/b5-3-,7-6-,8-4+;. The summed E-state index contributed by atoms with van der Waals surface area (Å²) >= 11 is 0. The predicted molar refractivity (Wildman–Crippen MR) is 56.1 cm³/mol. The van der Waals surface area contributed by atoms with Crippen molar-refractivity contribution in [1.82, 2.24) is 0 Å². The minimum atomic E-state index is -0.417. The third kappa shape index (κ3) is 8.53. The van der Waals surface area contributed by atoms with Crippen LogP contribution in [0.5, 0.6) is 0 Å². The Bertz CT molecular complexity index is 215. The monoisotopic (exact) mass is 183 g/mol. The molecular formula is C10H17NO2. The molecule has 0 fully saturated rings. The van der Waals surface area contributed by atoms with Crippen molar-refractivity contribution in [3.63, 3.8) is 0 Å². The smallest absolute Gasteiger partial charge is 0.258 e. The first-order valence-corrected chi connectivity index (χ1v) is 4.32. The second kappa shape index (κ2) is 10.6. The van der Waals surface area contributed by atoms with Gasteiger partial charge in [0.25, 0.3) is 5.70 Å². The van der Waals surface area contributed by atoms with Gasteiger partial charge in [-0.3, -0.25) is 10.1 Å². The van der Waals surface area contributed by atoms with Gasteiger partial charge in [-0.25, -0.2) is 0 Å². The quantitative estimate of drug-likeness (QED) is 0.382. The number of nitro groups is 1. The largest absolute Gasteiger partial charge is 0.265 e. The molecule has 0 spiro atoms. The Morgan fingerprint density at radius 2 is 1.77 bits per heavy atom. The first-order valence-electron chi connectivity index (χ1n) is 4.32. The fourth-order valence-corrected chi connectivity index (χ4v) is 0.528. The van der Waals surface area contributed by atoms with Crippen LogP contribution in [0.1, 0.15) is 27.7 Å². The van der Waals surface area contributed by atoms with Gasteiger partial charge in [0, 0.05) is 6.08 Å². The molecule has 0 unspecified atom stereocenters.